The molecule has 106 valence electrons. The zero-order valence-electron chi connectivity index (χ0n) is 12.1. The Morgan fingerprint density at radius 1 is 1.10 bits per heavy atom. The number of hydrogen-bond donors (Lipinski definition) is 0. The lowest BCUT2D eigenvalue weighted by Crippen LogP contribution is -2.37. The summed E-state index contributed by atoms with van der Waals surface area (Å²) >= 11 is 0. The molecule has 0 radical (unpaired) electrons. The summed E-state index contributed by atoms with van der Waals surface area (Å²) < 4.78 is 0. The molecular formula is C18H17NO2. The molecule has 1 aliphatic rings. The molecule has 21 heavy (non-hydrogen) atoms. The lowest BCUT2D eigenvalue weighted by molar-refractivity contribution is 0.0728. The summed E-state index contributed by atoms with van der Waals surface area (Å²) in [6.45, 7) is 4.07. The second-order valence-electron chi connectivity index (χ2n) is 5.68. The van der Waals surface area contributed by atoms with E-state index in [2.05, 4.69) is 11.9 Å². The van der Waals surface area contributed by atoms with Gasteiger partial charge in [0.1, 0.15) is 0 Å². The van der Waals surface area contributed by atoms with E-state index in [1.54, 1.807) is 18.3 Å². The highest BCUT2D eigenvalue weighted by molar-refractivity contribution is 6.17. The van der Waals surface area contributed by atoms with Gasteiger partial charge in [0, 0.05) is 23.5 Å². The molecule has 1 aromatic carbocycles. The molecule has 0 fully saturated rings. The van der Waals surface area contributed by atoms with Crippen LogP contribution < -0.4 is 0 Å². The number of nitrogens with zero attached hydrogens (tertiary/aromatic N) is 1. The molecule has 1 aromatic heterocycles. The van der Waals surface area contributed by atoms with Gasteiger partial charge in [0.2, 0.25) is 0 Å². The van der Waals surface area contributed by atoms with Crippen LogP contribution in [0.4, 0.5) is 0 Å². The van der Waals surface area contributed by atoms with Gasteiger partial charge in [-0.1, -0.05) is 38.1 Å². The number of benzene rings is 1. The molecule has 0 spiro atoms. The van der Waals surface area contributed by atoms with Gasteiger partial charge in [0.05, 0.1) is 5.92 Å². The molecule has 0 aliphatic heterocycles. The number of hydrogen-bond acceptors (Lipinski definition) is 3. The minimum Gasteiger partial charge on any atom is -0.293 e. The smallest absolute Gasteiger partial charge is 0.175 e. The van der Waals surface area contributed by atoms with Crippen LogP contribution in [0.1, 0.15) is 46.0 Å². The van der Waals surface area contributed by atoms with Gasteiger partial charge in [-0.3, -0.25) is 14.6 Å². The first-order valence-corrected chi connectivity index (χ1v) is 7.18. The predicted molar refractivity (Wildman–Crippen MR) is 80.4 cm³/mol. The van der Waals surface area contributed by atoms with Gasteiger partial charge in [0.15, 0.2) is 11.6 Å². The first-order chi connectivity index (χ1) is 10.1. The van der Waals surface area contributed by atoms with E-state index in [4.69, 9.17) is 0 Å². The standard InChI is InChI=1S/C18H17NO2/c1-11-12(2)16(17(20)13-6-5-9-19-10-13)18(21)15-8-4-3-7-14(11)15/h3-12,16H,1-2H3. The molecule has 0 amide bonds. The van der Waals surface area contributed by atoms with Gasteiger partial charge in [-0.2, -0.15) is 0 Å². The largest absolute Gasteiger partial charge is 0.293 e. The highest BCUT2D eigenvalue weighted by atomic mass is 16.2. The van der Waals surface area contributed by atoms with E-state index in [-0.39, 0.29) is 23.4 Å². The van der Waals surface area contributed by atoms with Crippen LogP contribution in [-0.2, 0) is 0 Å². The summed E-state index contributed by atoms with van der Waals surface area (Å²) in [7, 11) is 0. The van der Waals surface area contributed by atoms with Crippen LogP contribution in [0, 0.1) is 11.8 Å². The van der Waals surface area contributed by atoms with E-state index in [9.17, 15) is 9.59 Å². The molecule has 3 unspecified atom stereocenters. The minimum atomic E-state index is -0.612. The number of ketones is 2. The zero-order valence-corrected chi connectivity index (χ0v) is 12.1. The molecule has 3 heteroatoms. The van der Waals surface area contributed by atoms with E-state index in [1.165, 1.54) is 6.20 Å². The van der Waals surface area contributed by atoms with E-state index < -0.39 is 5.92 Å². The van der Waals surface area contributed by atoms with Gasteiger partial charge < -0.3 is 0 Å². The van der Waals surface area contributed by atoms with Crippen molar-refractivity contribution in [3.05, 3.63) is 65.5 Å². The quantitative estimate of drug-likeness (QED) is 0.624. The van der Waals surface area contributed by atoms with Gasteiger partial charge in [-0.25, -0.2) is 0 Å². The lowest BCUT2D eigenvalue weighted by Gasteiger charge is -2.33. The number of pyridine rings is 1. The summed E-state index contributed by atoms with van der Waals surface area (Å²) in [5.41, 5.74) is 2.24. The third kappa shape index (κ3) is 2.19. The molecule has 2 aromatic rings. The third-order valence-corrected chi connectivity index (χ3v) is 4.54. The van der Waals surface area contributed by atoms with Gasteiger partial charge >= 0.3 is 0 Å². The molecule has 3 nitrogen and oxygen atoms in total. The third-order valence-electron chi connectivity index (χ3n) is 4.54. The highest BCUT2D eigenvalue weighted by Crippen LogP contribution is 2.40. The molecule has 0 bridgehead atoms. The van der Waals surface area contributed by atoms with E-state index in [0.29, 0.717) is 11.1 Å². The predicted octanol–water partition coefficient (Wildman–Crippen LogP) is 3.52. The molecular weight excluding hydrogens is 262 g/mol. The zero-order chi connectivity index (χ0) is 15.0. The molecule has 0 saturated heterocycles. The molecule has 0 saturated carbocycles. The normalized spacial score (nSPS) is 24.5. The van der Waals surface area contributed by atoms with Crippen LogP contribution in [0.5, 0.6) is 0 Å². The number of rotatable bonds is 2. The van der Waals surface area contributed by atoms with Gasteiger partial charge in [-0.15, -0.1) is 0 Å². The summed E-state index contributed by atoms with van der Waals surface area (Å²) in [6.07, 6.45) is 3.16. The van der Waals surface area contributed by atoms with Crippen molar-refractivity contribution in [2.75, 3.05) is 0 Å². The van der Waals surface area contributed by atoms with Crippen molar-refractivity contribution in [2.45, 2.75) is 19.8 Å². The van der Waals surface area contributed by atoms with Crippen LogP contribution in [0.15, 0.2) is 48.8 Å². The van der Waals surface area contributed by atoms with Crippen molar-refractivity contribution in [1.82, 2.24) is 4.98 Å². The van der Waals surface area contributed by atoms with Gasteiger partial charge in [0.25, 0.3) is 0 Å². The Labute approximate surface area is 124 Å². The maximum atomic E-state index is 12.7. The van der Waals surface area contributed by atoms with Crippen LogP contribution in [0.25, 0.3) is 0 Å². The fourth-order valence-corrected chi connectivity index (χ4v) is 3.14. The minimum absolute atomic E-state index is 0.0138. The summed E-state index contributed by atoms with van der Waals surface area (Å²) in [5, 5.41) is 0. The van der Waals surface area contributed by atoms with E-state index in [1.807, 2.05) is 31.2 Å². The summed E-state index contributed by atoms with van der Waals surface area (Å²) in [6, 6.07) is 11.1. The Morgan fingerprint density at radius 3 is 2.57 bits per heavy atom. The number of Topliss-reactive ketones (excluding diaryl/α,β-unsaturated/α-hetero) is 2. The first-order valence-electron chi connectivity index (χ1n) is 7.18. The molecule has 3 atom stereocenters. The maximum absolute atomic E-state index is 12.7. The van der Waals surface area contributed by atoms with Crippen molar-refractivity contribution in [3.8, 4) is 0 Å². The Balaban J connectivity index is 2.05. The number of aromatic nitrogens is 1. The first kappa shape index (κ1) is 13.7. The second kappa shape index (κ2) is 5.24. The highest BCUT2D eigenvalue weighted by Gasteiger charge is 2.41. The van der Waals surface area contributed by atoms with E-state index in [0.717, 1.165) is 5.56 Å². The van der Waals surface area contributed by atoms with Crippen molar-refractivity contribution in [2.24, 2.45) is 11.8 Å². The van der Waals surface area contributed by atoms with Crippen molar-refractivity contribution >= 4 is 11.6 Å². The van der Waals surface area contributed by atoms with Crippen LogP contribution >= 0.6 is 0 Å². The van der Waals surface area contributed by atoms with Crippen LogP contribution in [0.3, 0.4) is 0 Å². The SMILES string of the molecule is CC1c2ccccc2C(=O)C(C(=O)c2cccnc2)C1C. The monoisotopic (exact) mass is 279 g/mol. The molecule has 1 heterocycles. The van der Waals surface area contributed by atoms with E-state index >= 15 is 0 Å². The number of carbonyl (C=O) groups excluding carboxylic acids is 2. The maximum Gasteiger partial charge on any atom is 0.175 e. The Kier molecular flexibility index (Phi) is 3.42. The van der Waals surface area contributed by atoms with Crippen LogP contribution in [-0.4, -0.2) is 16.6 Å². The van der Waals surface area contributed by atoms with Gasteiger partial charge in [-0.05, 0) is 29.5 Å². The van der Waals surface area contributed by atoms with Crippen molar-refractivity contribution in [1.29, 1.82) is 0 Å². The lowest BCUT2D eigenvalue weighted by atomic mass is 9.67. The molecule has 3 rings (SSSR count). The second-order valence-corrected chi connectivity index (χ2v) is 5.68. The van der Waals surface area contributed by atoms with Crippen molar-refractivity contribution < 1.29 is 9.59 Å². The summed E-state index contributed by atoms with van der Waals surface area (Å²) in [4.78, 5) is 29.4. The van der Waals surface area contributed by atoms with Crippen LogP contribution in [0.2, 0.25) is 0 Å². The average Bonchev–Trinajstić information content (AvgIpc) is 2.53. The Hall–Kier alpha value is -2.29. The Morgan fingerprint density at radius 2 is 1.86 bits per heavy atom. The summed E-state index contributed by atoms with van der Waals surface area (Å²) in [5.74, 6) is -0.629. The topological polar surface area (TPSA) is 47.0 Å². The fourth-order valence-electron chi connectivity index (χ4n) is 3.14. The number of fused-ring (bicyclic) bond motifs is 1. The fraction of sp³-hybridized carbons (Fsp3) is 0.278. The average molecular weight is 279 g/mol. The molecule has 1 aliphatic carbocycles. The number of carbonyl (C=O) groups is 2. The Bertz CT molecular complexity index is 693. The van der Waals surface area contributed by atoms with Crippen molar-refractivity contribution in [3.63, 3.8) is 0 Å². The molecule has 0 N–H and O–H groups in total.